The summed E-state index contributed by atoms with van der Waals surface area (Å²) in [4.78, 5) is 0. The van der Waals surface area contributed by atoms with E-state index in [1.165, 1.54) is 38.5 Å². The lowest BCUT2D eigenvalue weighted by Crippen LogP contribution is -1.97. The summed E-state index contributed by atoms with van der Waals surface area (Å²) in [5.74, 6) is 0. The van der Waals surface area contributed by atoms with Gasteiger partial charge in [-0.25, -0.2) is 0 Å². The molecule has 0 aliphatic carbocycles. The molecule has 0 aromatic rings. The first-order valence-electron chi connectivity index (χ1n) is 4.12. The van der Waals surface area contributed by atoms with Crippen LogP contribution in [-0.4, -0.2) is 6.54 Å². The van der Waals surface area contributed by atoms with Crippen molar-refractivity contribution in [1.82, 2.24) is 0 Å². The van der Waals surface area contributed by atoms with Crippen molar-refractivity contribution >= 4 is 0 Å². The lowest BCUT2D eigenvalue weighted by Gasteiger charge is -1.96. The molecular formula is C8H20N. The van der Waals surface area contributed by atoms with Crippen molar-refractivity contribution in [3.05, 3.63) is 0 Å². The highest BCUT2D eigenvalue weighted by Crippen LogP contribution is 2.03. The molecular weight excluding hydrogens is 110 g/mol. The molecule has 0 saturated heterocycles. The summed E-state index contributed by atoms with van der Waals surface area (Å²) in [6, 6.07) is 0. The Labute approximate surface area is 60.1 Å². The molecule has 1 radical (unpaired) electrons. The predicted molar refractivity (Wildman–Crippen MR) is 43.5 cm³/mol. The third-order valence-corrected chi connectivity index (χ3v) is 1.56. The van der Waals surface area contributed by atoms with Gasteiger partial charge in [-0.15, -0.1) is 0 Å². The summed E-state index contributed by atoms with van der Waals surface area (Å²) in [6.07, 6.45) is 8.05. The molecule has 0 saturated carbocycles. The minimum atomic E-state index is 0. The molecule has 0 rings (SSSR count). The molecule has 0 heterocycles. The summed E-state index contributed by atoms with van der Waals surface area (Å²) < 4.78 is 0. The van der Waals surface area contributed by atoms with Gasteiger partial charge < -0.3 is 5.73 Å². The van der Waals surface area contributed by atoms with Gasteiger partial charge in [0.15, 0.2) is 0 Å². The van der Waals surface area contributed by atoms with Crippen LogP contribution in [-0.2, 0) is 0 Å². The van der Waals surface area contributed by atoms with Gasteiger partial charge in [-0.05, 0) is 13.0 Å². The molecule has 0 amide bonds. The highest BCUT2D eigenvalue weighted by molar-refractivity contribution is 4.43. The van der Waals surface area contributed by atoms with Crippen molar-refractivity contribution in [2.75, 3.05) is 6.54 Å². The predicted octanol–water partition coefficient (Wildman–Crippen LogP) is 2.42. The molecule has 0 unspecified atom stereocenters. The molecule has 0 aromatic carbocycles. The molecule has 0 aliphatic heterocycles. The molecule has 1 heteroatoms. The Morgan fingerprint density at radius 2 is 1.56 bits per heavy atom. The Morgan fingerprint density at radius 3 is 2.11 bits per heavy atom. The van der Waals surface area contributed by atoms with Gasteiger partial charge in [0.1, 0.15) is 0 Å². The summed E-state index contributed by atoms with van der Waals surface area (Å²) in [7, 11) is 0. The molecule has 0 aliphatic rings. The van der Waals surface area contributed by atoms with Crippen molar-refractivity contribution in [3.63, 3.8) is 0 Å². The van der Waals surface area contributed by atoms with Gasteiger partial charge >= 0.3 is 0 Å². The average molecular weight is 130 g/mol. The number of unbranched alkanes of at least 4 members (excludes halogenated alkanes) is 5. The summed E-state index contributed by atoms with van der Waals surface area (Å²) in [5, 5.41) is 0. The molecule has 9 heavy (non-hydrogen) atoms. The van der Waals surface area contributed by atoms with Crippen LogP contribution in [0.4, 0.5) is 0 Å². The maximum Gasteiger partial charge on any atom is 0 e. The topological polar surface area (TPSA) is 26.0 Å². The summed E-state index contributed by atoms with van der Waals surface area (Å²) in [6.45, 7) is 3.11. The fourth-order valence-electron chi connectivity index (χ4n) is 0.925. The minimum Gasteiger partial charge on any atom is -0.330 e. The van der Waals surface area contributed by atoms with Gasteiger partial charge in [-0.2, -0.15) is 0 Å². The number of hydrogen-bond acceptors (Lipinski definition) is 1. The summed E-state index contributed by atoms with van der Waals surface area (Å²) in [5.41, 5.74) is 5.34. The normalized spacial score (nSPS) is 10.0. The van der Waals surface area contributed by atoms with Crippen molar-refractivity contribution in [2.45, 2.75) is 45.4 Å². The van der Waals surface area contributed by atoms with Crippen LogP contribution in [0.3, 0.4) is 0 Å². The zero-order valence-electron chi connectivity index (χ0n) is 7.53. The van der Waals surface area contributed by atoms with E-state index in [1.54, 1.807) is 0 Å². The maximum absolute atomic E-state index is 5.34. The van der Waals surface area contributed by atoms with Crippen molar-refractivity contribution < 1.29 is 1.43 Å². The van der Waals surface area contributed by atoms with Crippen LogP contribution in [0.5, 0.6) is 0 Å². The van der Waals surface area contributed by atoms with Crippen LogP contribution < -0.4 is 5.73 Å². The molecule has 0 fully saturated rings. The van der Waals surface area contributed by atoms with E-state index in [2.05, 4.69) is 6.92 Å². The lowest BCUT2D eigenvalue weighted by molar-refractivity contribution is 0.612. The van der Waals surface area contributed by atoms with Crippen LogP contribution >= 0.6 is 0 Å². The van der Waals surface area contributed by atoms with Gasteiger partial charge in [-0.3, -0.25) is 0 Å². The van der Waals surface area contributed by atoms with E-state index in [-0.39, 0.29) is 1.43 Å². The second-order valence-corrected chi connectivity index (χ2v) is 2.56. The van der Waals surface area contributed by atoms with Crippen LogP contribution in [0.25, 0.3) is 0 Å². The van der Waals surface area contributed by atoms with Crippen LogP contribution in [0.2, 0.25) is 0 Å². The fraction of sp³-hybridized carbons (Fsp3) is 1.00. The standard InChI is InChI=1S/C8H19N.H/c1-2-3-4-5-6-7-8-9;/h2-9H2,1H3;. The lowest BCUT2D eigenvalue weighted by atomic mass is 10.1. The second-order valence-electron chi connectivity index (χ2n) is 2.56. The van der Waals surface area contributed by atoms with E-state index in [0.29, 0.717) is 0 Å². The van der Waals surface area contributed by atoms with E-state index < -0.39 is 0 Å². The smallest absolute Gasteiger partial charge is 0 e. The molecule has 2 N–H and O–H groups in total. The van der Waals surface area contributed by atoms with Crippen LogP contribution in [0.1, 0.15) is 46.9 Å². The fourth-order valence-corrected chi connectivity index (χ4v) is 0.925. The number of rotatable bonds is 6. The third kappa shape index (κ3) is 7.96. The molecule has 57 valence electrons. The van der Waals surface area contributed by atoms with Crippen LogP contribution in [0, 0.1) is 0 Å². The van der Waals surface area contributed by atoms with Crippen molar-refractivity contribution in [2.24, 2.45) is 5.73 Å². The Morgan fingerprint density at radius 1 is 1.00 bits per heavy atom. The Hall–Kier alpha value is -0.0400. The maximum atomic E-state index is 5.34. The largest absolute Gasteiger partial charge is 0.330 e. The number of nitrogens with two attached hydrogens (primary N) is 1. The average Bonchev–Trinajstić information content (AvgIpc) is 1.89. The van der Waals surface area contributed by atoms with Gasteiger partial charge in [0.2, 0.25) is 0 Å². The molecule has 0 aromatic heterocycles. The van der Waals surface area contributed by atoms with Crippen LogP contribution in [0.15, 0.2) is 0 Å². The van der Waals surface area contributed by atoms with Gasteiger partial charge in [0.25, 0.3) is 0 Å². The first kappa shape index (κ1) is 8.96. The van der Waals surface area contributed by atoms with Gasteiger partial charge in [-0.1, -0.05) is 39.0 Å². The molecule has 0 atom stereocenters. The van der Waals surface area contributed by atoms with Gasteiger partial charge in [0, 0.05) is 1.43 Å². The Kier molecular flexibility index (Phi) is 7.92. The summed E-state index contributed by atoms with van der Waals surface area (Å²) >= 11 is 0. The first-order valence-corrected chi connectivity index (χ1v) is 4.12. The highest BCUT2D eigenvalue weighted by Gasteiger charge is 1.85. The quantitative estimate of drug-likeness (QED) is 0.549. The van der Waals surface area contributed by atoms with E-state index in [1.807, 2.05) is 0 Å². The Bertz CT molecular complexity index is 42.5. The van der Waals surface area contributed by atoms with E-state index in [0.717, 1.165) is 6.54 Å². The van der Waals surface area contributed by atoms with Gasteiger partial charge in [0.05, 0.1) is 0 Å². The first-order chi connectivity index (χ1) is 4.41. The van der Waals surface area contributed by atoms with E-state index in [9.17, 15) is 0 Å². The van der Waals surface area contributed by atoms with E-state index >= 15 is 0 Å². The molecule has 0 spiro atoms. The molecule has 1 nitrogen and oxygen atoms in total. The molecule has 0 bridgehead atoms. The Balaban J connectivity index is 0. The highest BCUT2D eigenvalue weighted by atomic mass is 14.5. The second kappa shape index (κ2) is 7.96. The van der Waals surface area contributed by atoms with E-state index in [4.69, 9.17) is 5.73 Å². The zero-order chi connectivity index (χ0) is 6.95. The van der Waals surface area contributed by atoms with Crippen molar-refractivity contribution in [3.8, 4) is 0 Å². The zero-order valence-corrected chi connectivity index (χ0v) is 6.53. The monoisotopic (exact) mass is 130 g/mol. The number of hydrogen-bond donors (Lipinski definition) is 1. The minimum absolute atomic E-state index is 0. The SMILES string of the molecule is CCCCCCCCN.[H]. The van der Waals surface area contributed by atoms with Crippen molar-refractivity contribution in [1.29, 1.82) is 0 Å². The third-order valence-electron chi connectivity index (χ3n) is 1.56.